The van der Waals surface area contributed by atoms with Gasteiger partial charge in [-0.15, -0.1) is 0 Å². The van der Waals surface area contributed by atoms with Crippen LogP contribution >= 0.6 is 0 Å². The smallest absolute Gasteiger partial charge is 0.0501 e. The zero-order chi connectivity index (χ0) is 9.78. The summed E-state index contributed by atoms with van der Waals surface area (Å²) in [5.41, 5.74) is 13.0. The van der Waals surface area contributed by atoms with Crippen molar-refractivity contribution in [3.63, 3.8) is 0 Å². The summed E-state index contributed by atoms with van der Waals surface area (Å²) in [4.78, 5) is 0. The standard InChI is InChI=1S/C10H20N2/c1-5-8(11)9(12)6-7-10(2,3)4/h6-7H,5,11-12H2,1-4H3/b7-6-,9-8-. The Morgan fingerprint density at radius 2 is 1.75 bits per heavy atom. The second kappa shape index (κ2) is 4.19. The Morgan fingerprint density at radius 3 is 2.08 bits per heavy atom. The molecular formula is C10H20N2. The molecule has 2 heteroatoms. The fourth-order valence-electron chi connectivity index (χ4n) is 0.651. The quantitative estimate of drug-likeness (QED) is 0.620. The van der Waals surface area contributed by atoms with Crippen LogP contribution in [0.3, 0.4) is 0 Å². The first-order valence-corrected chi connectivity index (χ1v) is 4.30. The fourth-order valence-corrected chi connectivity index (χ4v) is 0.651. The Balaban J connectivity index is 4.37. The third-order valence-corrected chi connectivity index (χ3v) is 1.51. The largest absolute Gasteiger partial charge is 0.400 e. The highest BCUT2D eigenvalue weighted by molar-refractivity contribution is 5.21. The highest BCUT2D eigenvalue weighted by Gasteiger charge is 2.03. The van der Waals surface area contributed by atoms with Crippen molar-refractivity contribution in [1.29, 1.82) is 0 Å². The van der Waals surface area contributed by atoms with E-state index < -0.39 is 0 Å². The molecule has 0 aromatic carbocycles. The molecule has 0 aromatic heterocycles. The van der Waals surface area contributed by atoms with Crippen LogP contribution in [-0.4, -0.2) is 0 Å². The molecule has 0 aliphatic carbocycles. The van der Waals surface area contributed by atoms with Crippen molar-refractivity contribution in [3.05, 3.63) is 23.5 Å². The Labute approximate surface area is 75.3 Å². The summed E-state index contributed by atoms with van der Waals surface area (Å²) in [5.74, 6) is 0. The van der Waals surface area contributed by atoms with Gasteiger partial charge in [0.2, 0.25) is 0 Å². The number of allylic oxidation sites excluding steroid dienone is 3. The minimum absolute atomic E-state index is 0.165. The van der Waals surface area contributed by atoms with Crippen LogP contribution in [0.5, 0.6) is 0 Å². The van der Waals surface area contributed by atoms with Gasteiger partial charge in [0.25, 0.3) is 0 Å². The van der Waals surface area contributed by atoms with Crippen LogP contribution in [-0.2, 0) is 0 Å². The average molecular weight is 168 g/mol. The SMILES string of the molecule is CC/C(N)=C(N)\C=C/C(C)(C)C. The van der Waals surface area contributed by atoms with Crippen molar-refractivity contribution in [3.8, 4) is 0 Å². The van der Waals surface area contributed by atoms with E-state index in [2.05, 4.69) is 26.8 Å². The van der Waals surface area contributed by atoms with Crippen LogP contribution in [0.25, 0.3) is 0 Å². The van der Waals surface area contributed by atoms with E-state index in [1.165, 1.54) is 0 Å². The summed E-state index contributed by atoms with van der Waals surface area (Å²) < 4.78 is 0. The first kappa shape index (κ1) is 11.1. The van der Waals surface area contributed by atoms with Crippen molar-refractivity contribution < 1.29 is 0 Å². The van der Waals surface area contributed by atoms with Crippen LogP contribution in [0, 0.1) is 5.41 Å². The molecule has 70 valence electrons. The summed E-state index contributed by atoms with van der Waals surface area (Å²) >= 11 is 0. The summed E-state index contributed by atoms with van der Waals surface area (Å²) in [6.45, 7) is 8.36. The molecule has 0 aromatic rings. The van der Waals surface area contributed by atoms with Gasteiger partial charge >= 0.3 is 0 Å². The minimum atomic E-state index is 0.165. The first-order valence-electron chi connectivity index (χ1n) is 4.30. The molecule has 0 atom stereocenters. The molecule has 0 aliphatic rings. The van der Waals surface area contributed by atoms with Crippen molar-refractivity contribution in [2.24, 2.45) is 16.9 Å². The Kier molecular flexibility index (Phi) is 3.87. The van der Waals surface area contributed by atoms with Crippen molar-refractivity contribution >= 4 is 0 Å². The molecule has 0 spiro atoms. The zero-order valence-electron chi connectivity index (χ0n) is 8.52. The Bertz CT molecular complexity index is 194. The highest BCUT2D eigenvalue weighted by atomic mass is 14.7. The lowest BCUT2D eigenvalue weighted by atomic mass is 9.96. The molecule has 0 amide bonds. The van der Waals surface area contributed by atoms with Gasteiger partial charge in [-0.1, -0.05) is 33.8 Å². The molecule has 4 N–H and O–H groups in total. The van der Waals surface area contributed by atoms with Crippen LogP contribution in [0.15, 0.2) is 23.5 Å². The van der Waals surface area contributed by atoms with Crippen molar-refractivity contribution in [2.75, 3.05) is 0 Å². The van der Waals surface area contributed by atoms with E-state index in [4.69, 9.17) is 11.5 Å². The minimum Gasteiger partial charge on any atom is -0.400 e. The second-order valence-corrected chi connectivity index (χ2v) is 4.03. The summed E-state index contributed by atoms with van der Waals surface area (Å²) in [5, 5.41) is 0. The normalized spacial score (nSPS) is 15.0. The van der Waals surface area contributed by atoms with Gasteiger partial charge in [0.05, 0.1) is 5.70 Å². The Hall–Kier alpha value is -0.920. The lowest BCUT2D eigenvalue weighted by Gasteiger charge is -2.11. The van der Waals surface area contributed by atoms with E-state index in [1.54, 1.807) is 0 Å². The number of hydrogen-bond acceptors (Lipinski definition) is 2. The van der Waals surface area contributed by atoms with Gasteiger partial charge in [0.1, 0.15) is 0 Å². The van der Waals surface area contributed by atoms with Gasteiger partial charge in [-0.05, 0) is 17.9 Å². The summed E-state index contributed by atoms with van der Waals surface area (Å²) in [6.07, 6.45) is 4.75. The predicted octanol–water partition coefficient (Wildman–Crippen LogP) is 2.13. The molecule has 0 bridgehead atoms. The third kappa shape index (κ3) is 4.83. The molecule has 0 saturated heterocycles. The number of nitrogens with two attached hydrogens (primary N) is 2. The van der Waals surface area contributed by atoms with E-state index in [0.717, 1.165) is 12.1 Å². The summed E-state index contributed by atoms with van der Waals surface area (Å²) in [6, 6.07) is 0. The van der Waals surface area contributed by atoms with E-state index in [-0.39, 0.29) is 5.41 Å². The third-order valence-electron chi connectivity index (χ3n) is 1.51. The van der Waals surface area contributed by atoms with Gasteiger partial charge in [-0.3, -0.25) is 0 Å². The monoisotopic (exact) mass is 168 g/mol. The maximum Gasteiger partial charge on any atom is 0.0501 e. The van der Waals surface area contributed by atoms with E-state index in [0.29, 0.717) is 5.70 Å². The molecule has 12 heavy (non-hydrogen) atoms. The van der Waals surface area contributed by atoms with Crippen LogP contribution in [0.1, 0.15) is 34.1 Å². The Morgan fingerprint density at radius 1 is 1.25 bits per heavy atom. The van der Waals surface area contributed by atoms with Gasteiger partial charge in [0.15, 0.2) is 0 Å². The predicted molar refractivity (Wildman–Crippen MR) is 54.3 cm³/mol. The molecule has 0 heterocycles. The van der Waals surface area contributed by atoms with E-state index in [9.17, 15) is 0 Å². The van der Waals surface area contributed by atoms with Gasteiger partial charge in [0, 0.05) is 5.70 Å². The molecule has 0 aliphatic heterocycles. The number of hydrogen-bond donors (Lipinski definition) is 2. The molecule has 0 radical (unpaired) electrons. The highest BCUT2D eigenvalue weighted by Crippen LogP contribution is 2.15. The van der Waals surface area contributed by atoms with Crippen LogP contribution < -0.4 is 11.5 Å². The molecule has 0 unspecified atom stereocenters. The maximum absolute atomic E-state index is 5.70. The second-order valence-electron chi connectivity index (χ2n) is 4.03. The topological polar surface area (TPSA) is 52.0 Å². The van der Waals surface area contributed by atoms with Gasteiger partial charge < -0.3 is 11.5 Å². The molecule has 0 fully saturated rings. The average Bonchev–Trinajstić information content (AvgIpc) is 1.97. The first-order chi connectivity index (χ1) is 5.37. The van der Waals surface area contributed by atoms with E-state index >= 15 is 0 Å². The lowest BCUT2D eigenvalue weighted by molar-refractivity contribution is 0.543. The summed E-state index contributed by atoms with van der Waals surface area (Å²) in [7, 11) is 0. The van der Waals surface area contributed by atoms with Gasteiger partial charge in [-0.2, -0.15) is 0 Å². The lowest BCUT2D eigenvalue weighted by Crippen LogP contribution is -2.08. The van der Waals surface area contributed by atoms with Crippen molar-refractivity contribution in [1.82, 2.24) is 0 Å². The van der Waals surface area contributed by atoms with Crippen LogP contribution in [0.2, 0.25) is 0 Å². The maximum atomic E-state index is 5.70. The van der Waals surface area contributed by atoms with Crippen LogP contribution in [0.4, 0.5) is 0 Å². The van der Waals surface area contributed by atoms with Crippen molar-refractivity contribution in [2.45, 2.75) is 34.1 Å². The zero-order valence-corrected chi connectivity index (χ0v) is 8.52. The fraction of sp³-hybridized carbons (Fsp3) is 0.600. The molecule has 0 rings (SSSR count). The van der Waals surface area contributed by atoms with E-state index in [1.807, 2.05) is 13.0 Å². The number of rotatable bonds is 2. The molecular weight excluding hydrogens is 148 g/mol. The van der Waals surface area contributed by atoms with Gasteiger partial charge in [-0.25, -0.2) is 0 Å². The molecule has 0 saturated carbocycles. The molecule has 2 nitrogen and oxygen atoms in total.